The fourth-order valence-corrected chi connectivity index (χ4v) is 2.42. The van der Waals surface area contributed by atoms with Gasteiger partial charge in [0.15, 0.2) is 0 Å². The first-order valence-corrected chi connectivity index (χ1v) is 10.4. The summed E-state index contributed by atoms with van der Waals surface area (Å²) in [5.41, 5.74) is 2.76. The Morgan fingerprint density at radius 2 is 1.48 bits per heavy atom. The van der Waals surface area contributed by atoms with Crippen molar-refractivity contribution in [3.8, 4) is 0 Å². The Kier molecular flexibility index (Phi) is 15.4. The van der Waals surface area contributed by atoms with Crippen molar-refractivity contribution in [1.82, 2.24) is 0 Å². The van der Waals surface area contributed by atoms with E-state index in [1.165, 1.54) is 42.7 Å². The van der Waals surface area contributed by atoms with Gasteiger partial charge in [-0.15, -0.1) is 0 Å². The van der Waals surface area contributed by atoms with Crippen molar-refractivity contribution in [3.05, 3.63) is 47.5 Å². The van der Waals surface area contributed by atoms with Gasteiger partial charge in [-0.25, -0.2) is 5.11 Å². The SMILES string of the molecule is CC(C)C(=CC[O])C(C)C.O=S(=O)(O)O.[Na][CH2]c1ccccc1. The van der Waals surface area contributed by atoms with Gasteiger partial charge in [0.2, 0.25) is 0 Å². The van der Waals surface area contributed by atoms with E-state index in [1.54, 1.807) is 6.08 Å². The first-order chi connectivity index (χ1) is 10.5. The minimum atomic E-state index is -4.67. The molecule has 0 heterocycles. The van der Waals surface area contributed by atoms with E-state index in [-0.39, 0.29) is 6.61 Å². The third-order valence-corrected chi connectivity index (χ3v) is 3.72. The van der Waals surface area contributed by atoms with E-state index in [1.807, 2.05) is 0 Å². The molecule has 1 radical (unpaired) electrons. The Morgan fingerprint density at radius 1 is 1.09 bits per heavy atom. The summed E-state index contributed by atoms with van der Waals surface area (Å²) < 4.78 is 32.9. The van der Waals surface area contributed by atoms with Crippen LogP contribution in [0.3, 0.4) is 0 Å². The molecule has 0 aromatic heterocycles. The molecule has 1 aromatic rings. The van der Waals surface area contributed by atoms with E-state index in [0.29, 0.717) is 11.8 Å². The summed E-state index contributed by atoms with van der Waals surface area (Å²) in [6.45, 7) is 8.43. The average Bonchev–Trinajstić information content (AvgIpc) is 2.44. The molecule has 0 saturated carbocycles. The quantitative estimate of drug-likeness (QED) is 0.493. The van der Waals surface area contributed by atoms with E-state index in [2.05, 4.69) is 58.0 Å². The number of benzene rings is 1. The second-order valence-electron chi connectivity index (χ2n) is 5.47. The van der Waals surface area contributed by atoms with Crippen LogP contribution in [0.15, 0.2) is 42.0 Å². The van der Waals surface area contributed by atoms with Gasteiger partial charge >= 0.3 is 77.9 Å². The average molecular weight is 353 g/mol. The number of allylic oxidation sites excluding steroid dienone is 1. The van der Waals surface area contributed by atoms with Crippen molar-refractivity contribution in [3.63, 3.8) is 0 Å². The van der Waals surface area contributed by atoms with E-state index in [0.717, 1.165) is 0 Å². The van der Waals surface area contributed by atoms with Crippen molar-refractivity contribution < 1.29 is 22.6 Å². The molecule has 0 saturated heterocycles. The van der Waals surface area contributed by atoms with Gasteiger partial charge < -0.3 is 0 Å². The molecule has 0 fully saturated rings. The molecule has 1 rings (SSSR count). The van der Waals surface area contributed by atoms with E-state index >= 15 is 0 Å². The Labute approximate surface area is 157 Å². The zero-order valence-electron chi connectivity index (χ0n) is 14.6. The molecular formula is C16H26NaO5S. The van der Waals surface area contributed by atoms with Crippen LogP contribution >= 0.6 is 0 Å². The van der Waals surface area contributed by atoms with Crippen LogP contribution in [0.4, 0.5) is 0 Å². The molecule has 0 bridgehead atoms. The van der Waals surface area contributed by atoms with Gasteiger partial charge in [0.05, 0.1) is 0 Å². The maximum atomic E-state index is 10.3. The van der Waals surface area contributed by atoms with E-state index in [9.17, 15) is 5.11 Å². The molecule has 1 aromatic carbocycles. The molecule has 0 amide bonds. The van der Waals surface area contributed by atoms with Crippen LogP contribution in [0.5, 0.6) is 0 Å². The van der Waals surface area contributed by atoms with Crippen molar-refractivity contribution in [2.24, 2.45) is 11.8 Å². The maximum absolute atomic E-state index is 10.3. The van der Waals surface area contributed by atoms with Gasteiger partial charge in [0.25, 0.3) is 0 Å². The first-order valence-electron chi connectivity index (χ1n) is 7.54. The zero-order valence-corrected chi connectivity index (χ0v) is 17.4. The third-order valence-electron chi connectivity index (χ3n) is 2.90. The van der Waals surface area contributed by atoms with Crippen molar-refractivity contribution >= 4 is 38.3 Å². The zero-order chi connectivity index (χ0) is 18.5. The monoisotopic (exact) mass is 353 g/mol. The Hall–Kier alpha value is -0.210. The Morgan fingerprint density at radius 3 is 1.65 bits per heavy atom. The van der Waals surface area contributed by atoms with Crippen LogP contribution in [0.25, 0.3) is 0 Å². The fourth-order valence-electron chi connectivity index (χ4n) is 1.95. The molecule has 0 spiro atoms. The minimum absolute atomic E-state index is 0.0777. The van der Waals surface area contributed by atoms with Crippen LogP contribution in [0.1, 0.15) is 33.3 Å². The molecule has 0 aliphatic rings. The van der Waals surface area contributed by atoms with Crippen LogP contribution in [-0.2, 0) is 19.2 Å². The summed E-state index contributed by atoms with van der Waals surface area (Å²) in [5, 5.41) is 10.3. The van der Waals surface area contributed by atoms with Gasteiger partial charge in [-0.05, 0) is 11.8 Å². The first kappa shape index (κ1) is 25.0. The molecule has 2 N–H and O–H groups in total. The molecule has 23 heavy (non-hydrogen) atoms. The number of rotatable bonds is 4. The predicted octanol–water partition coefficient (Wildman–Crippen LogP) is 3.36. The molecular weight excluding hydrogens is 327 g/mol. The van der Waals surface area contributed by atoms with Gasteiger partial charge in [-0.1, -0.05) is 39.3 Å². The van der Waals surface area contributed by atoms with Gasteiger partial charge in [0, 0.05) is 0 Å². The molecule has 127 valence electrons. The standard InChI is InChI=1S/C9H17O.C7H7.Na.H2O4S/c1-7(2)9(5-6-10)8(3)4;1-7-5-3-2-4-6-7;;1-5(2,3)4/h5,7-8H,6H2,1-4H3;2-6H,1H2;;(H2,1,2,3,4). The summed E-state index contributed by atoms with van der Waals surface area (Å²) in [4.78, 5) is 0. The van der Waals surface area contributed by atoms with Crippen molar-refractivity contribution in [1.29, 1.82) is 0 Å². The topological polar surface area (TPSA) is 94.5 Å². The van der Waals surface area contributed by atoms with E-state index in [4.69, 9.17) is 17.5 Å². The third kappa shape index (κ3) is 19.7. The number of hydrogen-bond donors (Lipinski definition) is 2. The molecule has 0 atom stereocenters. The normalized spacial score (nSPS) is 10.4. The second-order valence-corrected chi connectivity index (χ2v) is 7.07. The van der Waals surface area contributed by atoms with Crippen LogP contribution in [-0.4, -0.2) is 52.1 Å². The molecule has 0 aliphatic heterocycles. The number of hydrogen-bond acceptors (Lipinski definition) is 2. The summed E-state index contributed by atoms with van der Waals surface area (Å²) in [7, 11) is -4.67. The van der Waals surface area contributed by atoms with Crippen LogP contribution < -0.4 is 0 Å². The van der Waals surface area contributed by atoms with Gasteiger partial charge in [0.1, 0.15) is 6.61 Å². The Bertz CT molecular complexity index is 507. The fraction of sp³-hybridized carbons (Fsp3) is 0.500. The van der Waals surface area contributed by atoms with Gasteiger partial charge in [-0.2, -0.15) is 8.42 Å². The van der Waals surface area contributed by atoms with Crippen LogP contribution in [0.2, 0.25) is 0 Å². The predicted molar refractivity (Wildman–Crippen MR) is 93.4 cm³/mol. The molecule has 0 aliphatic carbocycles. The summed E-state index contributed by atoms with van der Waals surface area (Å²) in [5.74, 6) is 1.04. The van der Waals surface area contributed by atoms with Crippen molar-refractivity contribution in [2.75, 3.05) is 6.61 Å². The Balaban J connectivity index is 0. The summed E-state index contributed by atoms with van der Waals surface area (Å²) in [6.07, 6.45) is 1.80. The molecule has 0 unspecified atom stereocenters. The van der Waals surface area contributed by atoms with E-state index < -0.39 is 10.4 Å². The summed E-state index contributed by atoms with van der Waals surface area (Å²) in [6, 6.07) is 10.6. The molecule has 7 heteroatoms. The second kappa shape index (κ2) is 14.2. The van der Waals surface area contributed by atoms with Crippen molar-refractivity contribution in [2.45, 2.75) is 31.4 Å². The summed E-state index contributed by atoms with van der Waals surface area (Å²) >= 11 is 1.28. The van der Waals surface area contributed by atoms with Gasteiger partial charge in [-0.3, -0.25) is 9.11 Å². The van der Waals surface area contributed by atoms with Crippen LogP contribution in [0, 0.1) is 11.8 Å². The molecule has 5 nitrogen and oxygen atoms in total.